The van der Waals surface area contributed by atoms with Gasteiger partial charge in [-0.15, -0.1) is 0 Å². The third-order valence-corrected chi connectivity index (χ3v) is 6.46. The summed E-state index contributed by atoms with van der Waals surface area (Å²) in [7, 11) is 0. The maximum Gasteiger partial charge on any atom is 0.0945 e. The molecule has 154 valence electrons. The lowest BCUT2D eigenvalue weighted by Gasteiger charge is -2.22. The zero-order chi connectivity index (χ0) is 19.6. The first-order valence-electron chi connectivity index (χ1n) is 10.7. The molecule has 1 aliphatic carbocycles. The van der Waals surface area contributed by atoms with Crippen LogP contribution in [0.4, 0.5) is 0 Å². The van der Waals surface area contributed by atoms with E-state index in [9.17, 15) is 0 Å². The van der Waals surface area contributed by atoms with Crippen LogP contribution in [0.1, 0.15) is 69.8 Å². The van der Waals surface area contributed by atoms with Gasteiger partial charge in [0.15, 0.2) is 0 Å². The molecule has 1 atom stereocenters. The van der Waals surface area contributed by atoms with Crippen LogP contribution in [0.25, 0.3) is 0 Å². The summed E-state index contributed by atoms with van der Waals surface area (Å²) in [6, 6.07) is 5.62. The molecule has 1 unspecified atom stereocenters. The van der Waals surface area contributed by atoms with Gasteiger partial charge in [-0.3, -0.25) is 0 Å². The van der Waals surface area contributed by atoms with Crippen LogP contribution in [0.15, 0.2) is 36.9 Å². The quantitative estimate of drug-likeness (QED) is 0.355. The van der Waals surface area contributed by atoms with Crippen molar-refractivity contribution in [2.75, 3.05) is 0 Å². The van der Waals surface area contributed by atoms with Crippen LogP contribution in [0, 0.1) is 5.92 Å². The fraction of sp³-hybridized carbons (Fsp3) is 0.609. The average molecular weight is 423 g/mol. The van der Waals surface area contributed by atoms with Gasteiger partial charge in [-0.05, 0) is 36.5 Å². The van der Waals surface area contributed by atoms with Gasteiger partial charge in [0.05, 0.1) is 19.0 Å². The molecular formula is C23H32Cl2N2O. The van der Waals surface area contributed by atoms with E-state index in [0.717, 1.165) is 30.9 Å². The number of unbranched alkanes of at least 4 members (excludes halogenated alkanes) is 1. The maximum absolute atomic E-state index is 6.31. The van der Waals surface area contributed by atoms with E-state index >= 15 is 0 Å². The van der Waals surface area contributed by atoms with Crippen LogP contribution in [0.5, 0.6) is 0 Å². The second-order valence-electron chi connectivity index (χ2n) is 8.05. The smallest absolute Gasteiger partial charge is 0.0945 e. The number of rotatable bonds is 11. The molecule has 3 rings (SSSR count). The van der Waals surface area contributed by atoms with Gasteiger partial charge in [-0.25, -0.2) is 4.98 Å². The zero-order valence-electron chi connectivity index (χ0n) is 16.7. The minimum atomic E-state index is 0.237. The number of hydrogen-bond donors (Lipinski definition) is 0. The predicted octanol–water partition coefficient (Wildman–Crippen LogP) is 7.31. The molecule has 1 fully saturated rings. The molecule has 0 N–H and O–H groups in total. The summed E-state index contributed by atoms with van der Waals surface area (Å²) in [5.41, 5.74) is 1.00. The Morgan fingerprint density at radius 2 is 1.96 bits per heavy atom. The molecule has 28 heavy (non-hydrogen) atoms. The second kappa shape index (κ2) is 11.8. The summed E-state index contributed by atoms with van der Waals surface area (Å²) in [6.45, 7) is 1.47. The first kappa shape index (κ1) is 21.7. The average Bonchev–Trinajstić information content (AvgIpc) is 3.22. The van der Waals surface area contributed by atoms with Crippen molar-refractivity contribution in [2.24, 2.45) is 5.92 Å². The molecule has 1 saturated carbocycles. The molecule has 1 aromatic heterocycles. The molecule has 0 amide bonds. The fourth-order valence-electron chi connectivity index (χ4n) is 4.15. The predicted molar refractivity (Wildman–Crippen MR) is 117 cm³/mol. The van der Waals surface area contributed by atoms with Crippen molar-refractivity contribution < 1.29 is 4.74 Å². The SMILES string of the molecule is Clc1ccc(COC(CCCCC2CCCCC2)CCn2ccnc2)c(Cl)c1. The van der Waals surface area contributed by atoms with E-state index in [2.05, 4.69) is 9.55 Å². The van der Waals surface area contributed by atoms with E-state index in [0.29, 0.717) is 16.7 Å². The normalized spacial score (nSPS) is 16.4. The van der Waals surface area contributed by atoms with Crippen LogP contribution >= 0.6 is 23.2 Å². The summed E-state index contributed by atoms with van der Waals surface area (Å²) < 4.78 is 8.40. The molecule has 2 aromatic rings. The zero-order valence-corrected chi connectivity index (χ0v) is 18.2. The summed E-state index contributed by atoms with van der Waals surface area (Å²) in [4.78, 5) is 4.13. The third kappa shape index (κ3) is 7.42. The summed E-state index contributed by atoms with van der Waals surface area (Å²) in [6.07, 6.45) is 19.2. The lowest BCUT2D eigenvalue weighted by molar-refractivity contribution is 0.0248. The Morgan fingerprint density at radius 1 is 1.11 bits per heavy atom. The lowest BCUT2D eigenvalue weighted by Crippen LogP contribution is -2.16. The Hall–Kier alpha value is -1.03. The molecule has 1 aromatic carbocycles. The maximum atomic E-state index is 6.31. The molecule has 0 saturated heterocycles. The number of ether oxygens (including phenoxy) is 1. The Bertz CT molecular complexity index is 684. The Morgan fingerprint density at radius 3 is 2.71 bits per heavy atom. The van der Waals surface area contributed by atoms with E-state index in [-0.39, 0.29) is 6.10 Å². The Kier molecular flexibility index (Phi) is 9.17. The molecule has 0 radical (unpaired) electrons. The van der Waals surface area contributed by atoms with Crippen LogP contribution < -0.4 is 0 Å². The summed E-state index contributed by atoms with van der Waals surface area (Å²) in [5.74, 6) is 0.965. The monoisotopic (exact) mass is 422 g/mol. The van der Waals surface area contributed by atoms with Gasteiger partial charge in [0.1, 0.15) is 0 Å². The molecule has 1 aliphatic rings. The minimum Gasteiger partial charge on any atom is -0.373 e. The number of hydrogen-bond acceptors (Lipinski definition) is 2. The summed E-state index contributed by atoms with van der Waals surface area (Å²) >= 11 is 12.3. The standard InChI is InChI=1S/C23H32Cl2N2O/c24-21-11-10-20(23(25)16-21)17-28-22(12-14-27-15-13-26-18-27)9-5-4-8-19-6-2-1-3-7-19/h10-11,13,15-16,18-19,22H,1-9,12,14,17H2. The van der Waals surface area contributed by atoms with Gasteiger partial charge in [0.2, 0.25) is 0 Å². The number of benzene rings is 1. The Balaban J connectivity index is 1.45. The van der Waals surface area contributed by atoms with Crippen molar-refractivity contribution in [2.45, 2.75) is 83.5 Å². The van der Waals surface area contributed by atoms with Crippen molar-refractivity contribution in [1.82, 2.24) is 9.55 Å². The van der Waals surface area contributed by atoms with Gasteiger partial charge in [0, 0.05) is 29.0 Å². The number of nitrogens with zero attached hydrogens (tertiary/aromatic N) is 2. The molecule has 1 heterocycles. The molecular weight excluding hydrogens is 391 g/mol. The lowest BCUT2D eigenvalue weighted by atomic mass is 9.85. The van der Waals surface area contributed by atoms with Crippen LogP contribution in [-0.4, -0.2) is 15.7 Å². The van der Waals surface area contributed by atoms with E-state index < -0.39 is 0 Å². The van der Waals surface area contributed by atoms with Crippen molar-refractivity contribution in [3.8, 4) is 0 Å². The Labute approximate surface area is 179 Å². The largest absolute Gasteiger partial charge is 0.373 e. The first-order valence-corrected chi connectivity index (χ1v) is 11.5. The third-order valence-electron chi connectivity index (χ3n) is 5.87. The van der Waals surface area contributed by atoms with Crippen molar-refractivity contribution in [3.63, 3.8) is 0 Å². The van der Waals surface area contributed by atoms with Crippen LogP contribution in [0.3, 0.4) is 0 Å². The van der Waals surface area contributed by atoms with Gasteiger partial charge in [0.25, 0.3) is 0 Å². The van der Waals surface area contributed by atoms with Crippen LogP contribution in [0.2, 0.25) is 10.0 Å². The van der Waals surface area contributed by atoms with E-state index in [1.54, 1.807) is 6.07 Å². The highest BCUT2D eigenvalue weighted by atomic mass is 35.5. The topological polar surface area (TPSA) is 27.1 Å². The van der Waals surface area contributed by atoms with Gasteiger partial charge in [-0.2, -0.15) is 0 Å². The van der Waals surface area contributed by atoms with Crippen molar-refractivity contribution in [3.05, 3.63) is 52.5 Å². The van der Waals surface area contributed by atoms with Gasteiger partial charge in [-0.1, -0.05) is 80.6 Å². The first-order chi connectivity index (χ1) is 13.7. The van der Waals surface area contributed by atoms with Crippen molar-refractivity contribution in [1.29, 1.82) is 0 Å². The minimum absolute atomic E-state index is 0.237. The highest BCUT2D eigenvalue weighted by Gasteiger charge is 2.15. The van der Waals surface area contributed by atoms with E-state index in [4.69, 9.17) is 27.9 Å². The highest BCUT2D eigenvalue weighted by Crippen LogP contribution is 2.28. The van der Waals surface area contributed by atoms with Crippen molar-refractivity contribution >= 4 is 23.2 Å². The molecule has 0 spiro atoms. The van der Waals surface area contributed by atoms with Gasteiger partial charge < -0.3 is 9.30 Å². The number of aryl methyl sites for hydroxylation is 1. The fourth-order valence-corrected chi connectivity index (χ4v) is 4.61. The summed E-state index contributed by atoms with van der Waals surface area (Å²) in [5, 5.41) is 1.34. The van der Waals surface area contributed by atoms with E-state index in [1.807, 2.05) is 30.9 Å². The number of halogens is 2. The number of aromatic nitrogens is 2. The highest BCUT2D eigenvalue weighted by molar-refractivity contribution is 6.35. The van der Waals surface area contributed by atoms with Crippen LogP contribution in [-0.2, 0) is 17.9 Å². The number of imidazole rings is 1. The second-order valence-corrected chi connectivity index (χ2v) is 8.89. The molecule has 3 nitrogen and oxygen atoms in total. The van der Waals surface area contributed by atoms with E-state index in [1.165, 1.54) is 51.4 Å². The molecule has 0 aliphatic heterocycles. The van der Waals surface area contributed by atoms with Gasteiger partial charge >= 0.3 is 0 Å². The molecule has 5 heteroatoms. The molecule has 0 bridgehead atoms.